The molecule has 2 aromatic carbocycles. The maximum absolute atomic E-state index is 12.5. The van der Waals surface area contributed by atoms with E-state index in [0.29, 0.717) is 17.5 Å². The van der Waals surface area contributed by atoms with E-state index < -0.39 is 6.36 Å². The number of hydrogen-bond donors (Lipinski definition) is 0. The van der Waals surface area contributed by atoms with Crippen molar-refractivity contribution in [2.75, 3.05) is 0 Å². The van der Waals surface area contributed by atoms with Crippen molar-refractivity contribution in [3.63, 3.8) is 0 Å². The van der Waals surface area contributed by atoms with E-state index >= 15 is 0 Å². The Morgan fingerprint density at radius 1 is 1.08 bits per heavy atom. The summed E-state index contributed by atoms with van der Waals surface area (Å²) in [4.78, 5) is 14.4. The van der Waals surface area contributed by atoms with Crippen LogP contribution in [0.3, 0.4) is 0 Å². The Morgan fingerprint density at radius 3 is 2.58 bits per heavy atom. The third-order valence-corrected chi connectivity index (χ3v) is 3.15. The van der Waals surface area contributed by atoms with Gasteiger partial charge in [0.15, 0.2) is 6.29 Å². The molecule has 0 unspecified atom stereocenters. The summed E-state index contributed by atoms with van der Waals surface area (Å²) in [6, 6.07) is 12.5. The van der Waals surface area contributed by atoms with Gasteiger partial charge < -0.3 is 4.74 Å². The molecule has 0 amide bonds. The fraction of sp³-hybridized carbons (Fsp3) is 0.0625. The number of halogens is 3. The lowest BCUT2D eigenvalue weighted by Gasteiger charge is -2.13. The predicted molar refractivity (Wildman–Crippen MR) is 78.9 cm³/mol. The van der Waals surface area contributed by atoms with Crippen molar-refractivity contribution in [2.45, 2.75) is 6.36 Å². The van der Waals surface area contributed by atoms with Crippen LogP contribution in [0.25, 0.3) is 16.8 Å². The summed E-state index contributed by atoms with van der Waals surface area (Å²) < 4.78 is 43.1. The molecular weight excluding hydrogens is 323 g/mol. The molecule has 0 spiro atoms. The summed E-state index contributed by atoms with van der Waals surface area (Å²) in [7, 11) is 0. The number of aromatic nitrogens is 3. The van der Waals surface area contributed by atoms with Crippen molar-refractivity contribution in [2.24, 2.45) is 0 Å². The van der Waals surface area contributed by atoms with E-state index in [1.165, 1.54) is 29.2 Å². The van der Waals surface area contributed by atoms with Crippen LogP contribution in [-0.4, -0.2) is 27.4 Å². The van der Waals surface area contributed by atoms with E-state index in [0.717, 1.165) is 0 Å². The van der Waals surface area contributed by atoms with Gasteiger partial charge in [0.05, 0.1) is 5.69 Å². The lowest BCUT2D eigenvalue weighted by Crippen LogP contribution is -2.17. The van der Waals surface area contributed by atoms with Crippen LogP contribution in [0.2, 0.25) is 0 Å². The highest BCUT2D eigenvalue weighted by atomic mass is 19.4. The van der Waals surface area contributed by atoms with E-state index in [9.17, 15) is 18.0 Å². The zero-order valence-corrected chi connectivity index (χ0v) is 12.1. The van der Waals surface area contributed by atoms with Crippen LogP contribution in [0.4, 0.5) is 13.2 Å². The van der Waals surface area contributed by atoms with Gasteiger partial charge in [0, 0.05) is 5.56 Å². The second-order valence-corrected chi connectivity index (χ2v) is 4.76. The SMILES string of the molecule is O=Cc1ncn(-c2cccc(-c3ccccc3OC(F)(F)F)c2)n1. The van der Waals surface area contributed by atoms with Crippen molar-refractivity contribution in [3.8, 4) is 22.6 Å². The average Bonchev–Trinajstić information content (AvgIpc) is 3.03. The lowest BCUT2D eigenvalue weighted by molar-refractivity contribution is -0.274. The number of ether oxygens (including phenoxy) is 1. The standard InChI is InChI=1S/C16H10F3N3O2/c17-16(18,19)24-14-7-2-1-6-13(14)11-4-3-5-12(8-11)22-10-20-15(9-23)21-22/h1-10H. The first-order valence-electron chi connectivity index (χ1n) is 6.79. The Labute approximate surface area is 134 Å². The molecule has 0 radical (unpaired) electrons. The third kappa shape index (κ3) is 3.43. The van der Waals surface area contributed by atoms with Gasteiger partial charge in [0.2, 0.25) is 5.82 Å². The maximum atomic E-state index is 12.5. The minimum atomic E-state index is -4.78. The predicted octanol–water partition coefficient (Wildman–Crippen LogP) is 3.65. The summed E-state index contributed by atoms with van der Waals surface area (Å²) in [5.74, 6) is -0.282. The number of nitrogens with zero attached hydrogens (tertiary/aromatic N) is 3. The van der Waals surface area contributed by atoms with Gasteiger partial charge in [0.25, 0.3) is 0 Å². The van der Waals surface area contributed by atoms with Crippen LogP contribution in [0, 0.1) is 0 Å². The largest absolute Gasteiger partial charge is 0.573 e. The Balaban J connectivity index is 2.02. The molecule has 0 aliphatic rings. The highest BCUT2D eigenvalue weighted by Crippen LogP contribution is 2.34. The fourth-order valence-corrected chi connectivity index (χ4v) is 2.19. The van der Waals surface area contributed by atoms with E-state index in [-0.39, 0.29) is 17.1 Å². The van der Waals surface area contributed by atoms with Gasteiger partial charge in [-0.1, -0.05) is 30.3 Å². The number of hydrogen-bond acceptors (Lipinski definition) is 4. The van der Waals surface area contributed by atoms with Crippen LogP contribution in [-0.2, 0) is 0 Å². The van der Waals surface area contributed by atoms with Crippen molar-refractivity contribution < 1.29 is 22.7 Å². The Kier molecular flexibility index (Phi) is 4.03. The van der Waals surface area contributed by atoms with Crippen molar-refractivity contribution in [1.29, 1.82) is 0 Å². The molecule has 0 saturated heterocycles. The van der Waals surface area contributed by atoms with Crippen LogP contribution < -0.4 is 4.74 Å². The van der Waals surface area contributed by atoms with Gasteiger partial charge in [-0.15, -0.1) is 18.3 Å². The molecule has 0 aliphatic carbocycles. The van der Waals surface area contributed by atoms with Gasteiger partial charge in [0.1, 0.15) is 12.1 Å². The molecule has 3 aromatic rings. The molecule has 0 fully saturated rings. The zero-order valence-electron chi connectivity index (χ0n) is 12.1. The Hall–Kier alpha value is -3.16. The van der Waals surface area contributed by atoms with Gasteiger partial charge in [-0.2, -0.15) is 0 Å². The second kappa shape index (κ2) is 6.15. The van der Waals surface area contributed by atoms with Gasteiger partial charge in [-0.3, -0.25) is 4.79 Å². The molecule has 0 N–H and O–H groups in total. The molecule has 8 heteroatoms. The number of rotatable bonds is 4. The van der Waals surface area contributed by atoms with Crippen LogP contribution in [0.15, 0.2) is 54.9 Å². The monoisotopic (exact) mass is 333 g/mol. The minimum Gasteiger partial charge on any atom is -0.405 e. The van der Waals surface area contributed by atoms with E-state index in [1.54, 1.807) is 30.3 Å². The number of benzene rings is 2. The number of para-hydroxylation sites is 1. The highest BCUT2D eigenvalue weighted by molar-refractivity contribution is 5.72. The normalized spacial score (nSPS) is 11.3. The molecule has 1 aromatic heterocycles. The lowest BCUT2D eigenvalue weighted by atomic mass is 10.0. The third-order valence-electron chi connectivity index (χ3n) is 3.15. The molecule has 0 aliphatic heterocycles. The van der Waals surface area contributed by atoms with Crippen LogP contribution in [0.5, 0.6) is 5.75 Å². The van der Waals surface area contributed by atoms with Crippen molar-refractivity contribution in [3.05, 3.63) is 60.7 Å². The van der Waals surface area contributed by atoms with Crippen molar-refractivity contribution in [1.82, 2.24) is 14.8 Å². The molecule has 1 heterocycles. The number of alkyl halides is 3. The molecule has 0 bridgehead atoms. The van der Waals surface area contributed by atoms with Gasteiger partial charge >= 0.3 is 6.36 Å². The zero-order chi connectivity index (χ0) is 17.2. The smallest absolute Gasteiger partial charge is 0.405 e. The first kappa shape index (κ1) is 15.7. The summed E-state index contributed by atoms with van der Waals surface area (Å²) in [6.07, 6.45) is -2.92. The Morgan fingerprint density at radius 2 is 1.88 bits per heavy atom. The highest BCUT2D eigenvalue weighted by Gasteiger charge is 2.32. The number of carbonyl (C=O) groups is 1. The average molecular weight is 333 g/mol. The summed E-state index contributed by atoms with van der Waals surface area (Å²) in [5, 5.41) is 3.94. The van der Waals surface area contributed by atoms with E-state index in [1.807, 2.05) is 0 Å². The quantitative estimate of drug-likeness (QED) is 0.684. The topological polar surface area (TPSA) is 57.0 Å². The first-order chi connectivity index (χ1) is 11.5. The van der Waals surface area contributed by atoms with Crippen LogP contribution >= 0.6 is 0 Å². The van der Waals surface area contributed by atoms with E-state index in [4.69, 9.17) is 0 Å². The van der Waals surface area contributed by atoms with Gasteiger partial charge in [-0.25, -0.2) is 9.67 Å². The first-order valence-corrected chi connectivity index (χ1v) is 6.79. The summed E-state index contributed by atoms with van der Waals surface area (Å²) >= 11 is 0. The molecule has 0 saturated carbocycles. The molecule has 24 heavy (non-hydrogen) atoms. The summed E-state index contributed by atoms with van der Waals surface area (Å²) in [6.45, 7) is 0. The van der Waals surface area contributed by atoms with Crippen LogP contribution in [0.1, 0.15) is 10.6 Å². The maximum Gasteiger partial charge on any atom is 0.573 e. The molecule has 0 atom stereocenters. The number of carbonyl (C=O) groups excluding carboxylic acids is 1. The molecule has 122 valence electrons. The second-order valence-electron chi connectivity index (χ2n) is 4.76. The molecule has 5 nitrogen and oxygen atoms in total. The summed E-state index contributed by atoms with van der Waals surface area (Å²) in [5.41, 5.74) is 1.35. The van der Waals surface area contributed by atoms with Crippen molar-refractivity contribution >= 4 is 6.29 Å². The Bertz CT molecular complexity index is 875. The van der Waals surface area contributed by atoms with E-state index in [2.05, 4.69) is 14.8 Å². The fourth-order valence-electron chi connectivity index (χ4n) is 2.19. The van der Waals surface area contributed by atoms with Gasteiger partial charge in [-0.05, 0) is 23.8 Å². The number of aldehydes is 1. The molecular formula is C16H10F3N3O2. The molecule has 3 rings (SSSR count). The minimum absolute atomic E-state index is 0.0150.